The second-order valence-corrected chi connectivity index (χ2v) is 2.80. The Balaban J connectivity index is 2.80. The molecule has 0 aromatic heterocycles. The van der Waals surface area contributed by atoms with Crippen LogP contribution in [0.1, 0.15) is 25.7 Å². The van der Waals surface area contributed by atoms with Crippen molar-refractivity contribution in [3.63, 3.8) is 0 Å². The second kappa shape index (κ2) is 8.56. The minimum absolute atomic E-state index is 0.474. The summed E-state index contributed by atoms with van der Waals surface area (Å²) in [5.74, 6) is 0. The van der Waals surface area contributed by atoms with Gasteiger partial charge in [-0.05, 0) is 19.3 Å². The standard InChI is InChI=1S/C6H12Cl2O3/c7-6(9)4-2-1-3-5-10-11-8/h6,9H,1-5H2. The molecule has 0 heterocycles. The average molecular weight is 203 g/mol. The molecule has 1 atom stereocenters. The highest BCUT2D eigenvalue weighted by atomic mass is 35.5. The molecule has 0 saturated heterocycles. The van der Waals surface area contributed by atoms with Crippen LogP contribution in [-0.2, 0) is 9.33 Å². The van der Waals surface area contributed by atoms with Crippen molar-refractivity contribution in [2.24, 2.45) is 0 Å². The molecule has 0 spiro atoms. The fourth-order valence-corrected chi connectivity index (χ4v) is 0.899. The minimum Gasteiger partial charge on any atom is -0.378 e. The molecule has 1 N–H and O–H groups in total. The van der Waals surface area contributed by atoms with Crippen LogP contribution in [0, 0.1) is 0 Å². The van der Waals surface area contributed by atoms with Crippen molar-refractivity contribution in [1.82, 2.24) is 0 Å². The fraction of sp³-hybridized carbons (Fsp3) is 1.00. The third kappa shape index (κ3) is 10.5. The Bertz CT molecular complexity index is 80.2. The molecule has 0 aromatic rings. The van der Waals surface area contributed by atoms with E-state index in [-0.39, 0.29) is 0 Å². The van der Waals surface area contributed by atoms with Gasteiger partial charge < -0.3 is 5.11 Å². The molecule has 0 aliphatic carbocycles. The van der Waals surface area contributed by atoms with Crippen molar-refractivity contribution < 1.29 is 14.4 Å². The lowest BCUT2D eigenvalue weighted by molar-refractivity contribution is -0.203. The topological polar surface area (TPSA) is 38.7 Å². The summed E-state index contributed by atoms with van der Waals surface area (Å²) in [7, 11) is 0. The van der Waals surface area contributed by atoms with Crippen molar-refractivity contribution in [3.8, 4) is 0 Å². The molecule has 0 aliphatic heterocycles. The molecule has 0 bridgehead atoms. The smallest absolute Gasteiger partial charge is 0.128 e. The molecule has 5 heteroatoms. The summed E-state index contributed by atoms with van der Waals surface area (Å²) < 4.78 is 3.87. The van der Waals surface area contributed by atoms with E-state index in [9.17, 15) is 0 Å². The maximum atomic E-state index is 8.64. The quantitative estimate of drug-likeness (QED) is 0.298. The number of unbranched alkanes of at least 4 members (excludes halogenated alkanes) is 2. The van der Waals surface area contributed by atoms with Crippen LogP contribution in [-0.4, -0.2) is 17.3 Å². The molecule has 0 aromatic carbocycles. The summed E-state index contributed by atoms with van der Waals surface area (Å²) in [5, 5.41) is 8.64. The summed E-state index contributed by atoms with van der Waals surface area (Å²) in [6.45, 7) is 0.474. The van der Waals surface area contributed by atoms with Gasteiger partial charge in [0, 0.05) is 0 Å². The van der Waals surface area contributed by atoms with Crippen molar-refractivity contribution in [2.45, 2.75) is 31.2 Å². The molecule has 0 amide bonds. The zero-order valence-electron chi connectivity index (χ0n) is 6.13. The van der Waals surface area contributed by atoms with E-state index in [4.69, 9.17) is 28.6 Å². The van der Waals surface area contributed by atoms with E-state index in [2.05, 4.69) is 9.33 Å². The number of halogens is 2. The van der Waals surface area contributed by atoms with Crippen molar-refractivity contribution >= 4 is 23.5 Å². The first-order valence-corrected chi connectivity index (χ1v) is 4.24. The zero-order valence-corrected chi connectivity index (χ0v) is 7.64. The number of hydrogen-bond acceptors (Lipinski definition) is 3. The number of alkyl halides is 1. The third-order valence-corrected chi connectivity index (χ3v) is 1.52. The lowest BCUT2D eigenvalue weighted by Crippen LogP contribution is -1.96. The normalized spacial score (nSPS) is 13.4. The van der Waals surface area contributed by atoms with Gasteiger partial charge in [-0.25, -0.2) is 4.89 Å². The first kappa shape index (κ1) is 11.5. The van der Waals surface area contributed by atoms with Crippen LogP contribution in [0.2, 0.25) is 0 Å². The van der Waals surface area contributed by atoms with Gasteiger partial charge >= 0.3 is 0 Å². The Labute approximate surface area is 76.3 Å². The molecular weight excluding hydrogens is 191 g/mol. The third-order valence-electron chi connectivity index (χ3n) is 1.21. The first-order valence-electron chi connectivity index (χ1n) is 3.49. The lowest BCUT2D eigenvalue weighted by atomic mass is 10.2. The van der Waals surface area contributed by atoms with Crippen LogP contribution >= 0.6 is 23.5 Å². The van der Waals surface area contributed by atoms with E-state index in [1.807, 2.05) is 0 Å². The van der Waals surface area contributed by atoms with Crippen LogP contribution in [0.15, 0.2) is 0 Å². The average Bonchev–Trinajstić information content (AvgIpc) is 1.96. The van der Waals surface area contributed by atoms with Crippen molar-refractivity contribution in [2.75, 3.05) is 6.61 Å². The van der Waals surface area contributed by atoms with Crippen LogP contribution in [0.3, 0.4) is 0 Å². The molecule has 0 radical (unpaired) electrons. The maximum absolute atomic E-state index is 8.64. The molecular formula is C6H12Cl2O3. The predicted molar refractivity (Wildman–Crippen MR) is 43.2 cm³/mol. The fourth-order valence-electron chi connectivity index (χ4n) is 0.682. The highest BCUT2D eigenvalue weighted by Crippen LogP contribution is 2.06. The molecule has 0 aliphatic rings. The highest BCUT2D eigenvalue weighted by Gasteiger charge is 1.96. The molecule has 68 valence electrons. The molecule has 0 rings (SSSR count). The Morgan fingerprint density at radius 1 is 1.27 bits per heavy atom. The molecule has 0 fully saturated rings. The van der Waals surface area contributed by atoms with Gasteiger partial charge in [0.1, 0.15) is 5.56 Å². The lowest BCUT2D eigenvalue weighted by Gasteiger charge is -2.00. The van der Waals surface area contributed by atoms with Crippen LogP contribution < -0.4 is 0 Å². The molecule has 1 unspecified atom stereocenters. The van der Waals surface area contributed by atoms with Gasteiger partial charge in [-0.2, -0.15) is 0 Å². The van der Waals surface area contributed by atoms with E-state index < -0.39 is 5.56 Å². The summed E-state index contributed by atoms with van der Waals surface area (Å²) in [6, 6.07) is 0. The van der Waals surface area contributed by atoms with Crippen LogP contribution in [0.4, 0.5) is 0 Å². The molecule has 11 heavy (non-hydrogen) atoms. The van der Waals surface area contributed by atoms with Gasteiger partial charge in [-0.15, -0.1) is 4.44 Å². The zero-order chi connectivity index (χ0) is 8.53. The van der Waals surface area contributed by atoms with Gasteiger partial charge in [-0.1, -0.05) is 18.0 Å². The van der Waals surface area contributed by atoms with Crippen molar-refractivity contribution in [1.29, 1.82) is 0 Å². The Hall–Kier alpha value is 0.460. The van der Waals surface area contributed by atoms with E-state index in [1.54, 1.807) is 0 Å². The van der Waals surface area contributed by atoms with Gasteiger partial charge in [-0.3, -0.25) is 0 Å². The Morgan fingerprint density at radius 2 is 2.00 bits per heavy atom. The highest BCUT2D eigenvalue weighted by molar-refractivity contribution is 6.19. The van der Waals surface area contributed by atoms with E-state index in [0.29, 0.717) is 13.0 Å². The minimum atomic E-state index is -0.722. The summed E-state index contributed by atoms with van der Waals surface area (Å²) >= 11 is 10.1. The van der Waals surface area contributed by atoms with Crippen LogP contribution in [0.25, 0.3) is 0 Å². The number of aliphatic hydroxyl groups excluding tert-OH is 1. The van der Waals surface area contributed by atoms with E-state index in [0.717, 1.165) is 19.3 Å². The Kier molecular flexibility index (Phi) is 8.91. The van der Waals surface area contributed by atoms with Gasteiger partial charge in [0.2, 0.25) is 0 Å². The molecule has 3 nitrogen and oxygen atoms in total. The predicted octanol–water partition coefficient (Wildman–Crippen LogP) is 2.21. The van der Waals surface area contributed by atoms with Crippen molar-refractivity contribution in [3.05, 3.63) is 0 Å². The summed E-state index contributed by atoms with van der Waals surface area (Å²) in [6.07, 6.45) is 3.31. The second-order valence-electron chi connectivity index (χ2n) is 2.17. The first-order chi connectivity index (χ1) is 5.27. The SMILES string of the molecule is OC(Cl)CCCCCOOCl. The van der Waals surface area contributed by atoms with Gasteiger partial charge in [0.05, 0.1) is 18.5 Å². The number of aliphatic hydroxyl groups is 1. The maximum Gasteiger partial charge on any atom is 0.128 e. The van der Waals surface area contributed by atoms with Gasteiger partial charge in [0.25, 0.3) is 0 Å². The van der Waals surface area contributed by atoms with Crippen LogP contribution in [0.5, 0.6) is 0 Å². The number of hydrogen-bond donors (Lipinski definition) is 1. The Morgan fingerprint density at radius 3 is 2.55 bits per heavy atom. The van der Waals surface area contributed by atoms with E-state index >= 15 is 0 Å². The monoisotopic (exact) mass is 202 g/mol. The number of rotatable bonds is 7. The molecule has 0 saturated carbocycles. The largest absolute Gasteiger partial charge is 0.378 e. The van der Waals surface area contributed by atoms with Gasteiger partial charge in [0.15, 0.2) is 0 Å². The summed E-state index contributed by atoms with van der Waals surface area (Å²) in [5.41, 5.74) is -0.722. The summed E-state index contributed by atoms with van der Waals surface area (Å²) in [4.78, 5) is 4.41. The van der Waals surface area contributed by atoms with E-state index in [1.165, 1.54) is 0 Å².